The van der Waals surface area contributed by atoms with Crippen LogP contribution in [-0.4, -0.2) is 23.8 Å². The Morgan fingerprint density at radius 3 is 3.13 bits per heavy atom. The molecule has 1 atom stereocenters. The van der Waals surface area contributed by atoms with Gasteiger partial charge in [0.15, 0.2) is 0 Å². The van der Waals surface area contributed by atoms with Crippen LogP contribution < -0.4 is 10.1 Å². The standard InChI is InChI=1S/C12H13NO2/c14-10-2-1-9-3-4-12(5-6-13-8-12)15-11(9)7-10/h1-4,7,13-14H,5-6,8H2. The molecule has 3 nitrogen and oxygen atoms in total. The molecule has 1 aromatic rings. The second kappa shape index (κ2) is 3.00. The number of rotatable bonds is 0. The van der Waals surface area contributed by atoms with E-state index in [1.807, 2.05) is 6.07 Å². The van der Waals surface area contributed by atoms with Crippen molar-refractivity contribution in [3.63, 3.8) is 0 Å². The zero-order valence-electron chi connectivity index (χ0n) is 8.36. The fourth-order valence-electron chi connectivity index (χ4n) is 2.16. The van der Waals surface area contributed by atoms with Crippen molar-refractivity contribution in [1.29, 1.82) is 0 Å². The van der Waals surface area contributed by atoms with Gasteiger partial charge in [-0.2, -0.15) is 0 Å². The van der Waals surface area contributed by atoms with Crippen LogP contribution in [0.1, 0.15) is 12.0 Å². The third kappa shape index (κ3) is 1.39. The van der Waals surface area contributed by atoms with E-state index in [2.05, 4.69) is 17.5 Å². The van der Waals surface area contributed by atoms with Gasteiger partial charge in [0.25, 0.3) is 0 Å². The minimum atomic E-state index is -0.194. The van der Waals surface area contributed by atoms with Gasteiger partial charge in [0.1, 0.15) is 17.1 Å². The van der Waals surface area contributed by atoms with E-state index in [1.54, 1.807) is 12.1 Å². The summed E-state index contributed by atoms with van der Waals surface area (Å²) >= 11 is 0. The second-order valence-electron chi connectivity index (χ2n) is 4.15. The molecule has 0 amide bonds. The van der Waals surface area contributed by atoms with Gasteiger partial charge in [0.2, 0.25) is 0 Å². The van der Waals surface area contributed by atoms with Crippen molar-refractivity contribution < 1.29 is 9.84 Å². The van der Waals surface area contributed by atoms with Gasteiger partial charge < -0.3 is 15.2 Å². The van der Waals surface area contributed by atoms with E-state index in [0.29, 0.717) is 0 Å². The first-order valence-electron chi connectivity index (χ1n) is 5.19. The van der Waals surface area contributed by atoms with Crippen LogP contribution in [0.2, 0.25) is 0 Å². The highest BCUT2D eigenvalue weighted by atomic mass is 16.5. The molecular weight excluding hydrogens is 190 g/mol. The van der Waals surface area contributed by atoms with Crippen molar-refractivity contribution in [3.05, 3.63) is 29.8 Å². The molecule has 2 N–H and O–H groups in total. The highest BCUT2D eigenvalue weighted by Gasteiger charge is 2.35. The number of phenols is 1. The maximum atomic E-state index is 9.40. The van der Waals surface area contributed by atoms with Crippen LogP contribution in [0.15, 0.2) is 24.3 Å². The largest absolute Gasteiger partial charge is 0.508 e. The quantitative estimate of drug-likeness (QED) is 0.672. The number of aromatic hydroxyl groups is 1. The molecule has 0 saturated carbocycles. The van der Waals surface area contributed by atoms with Gasteiger partial charge in [-0.05, 0) is 24.8 Å². The summed E-state index contributed by atoms with van der Waals surface area (Å²) in [5.41, 5.74) is 0.839. The lowest BCUT2D eigenvalue weighted by molar-refractivity contribution is 0.139. The summed E-state index contributed by atoms with van der Waals surface area (Å²) in [6, 6.07) is 5.23. The van der Waals surface area contributed by atoms with Crippen LogP contribution in [0.5, 0.6) is 11.5 Å². The van der Waals surface area contributed by atoms with E-state index in [4.69, 9.17) is 4.74 Å². The lowest BCUT2D eigenvalue weighted by Crippen LogP contribution is -2.37. The zero-order chi connectivity index (χ0) is 10.3. The molecule has 0 radical (unpaired) electrons. The summed E-state index contributed by atoms with van der Waals surface area (Å²) in [5, 5.41) is 12.7. The van der Waals surface area contributed by atoms with Crippen LogP contribution in [-0.2, 0) is 0 Å². The number of benzene rings is 1. The highest BCUT2D eigenvalue weighted by molar-refractivity contribution is 5.62. The number of nitrogens with one attached hydrogen (secondary N) is 1. The molecule has 3 rings (SSSR count). The predicted octanol–water partition coefficient (Wildman–Crippen LogP) is 1.53. The monoisotopic (exact) mass is 203 g/mol. The van der Waals surface area contributed by atoms with Crippen LogP contribution in [0.25, 0.3) is 6.08 Å². The number of hydrogen-bond donors (Lipinski definition) is 2. The summed E-state index contributed by atoms with van der Waals surface area (Å²) in [6.45, 7) is 1.83. The Kier molecular flexibility index (Phi) is 1.76. The summed E-state index contributed by atoms with van der Waals surface area (Å²) in [6.07, 6.45) is 5.18. The molecule has 1 aromatic carbocycles. The molecule has 2 aliphatic rings. The van der Waals surface area contributed by atoms with Gasteiger partial charge in [-0.3, -0.25) is 0 Å². The lowest BCUT2D eigenvalue weighted by atomic mass is 9.97. The maximum absolute atomic E-state index is 9.40. The molecule has 1 fully saturated rings. The van der Waals surface area contributed by atoms with Crippen molar-refractivity contribution in [2.24, 2.45) is 0 Å². The fourth-order valence-corrected chi connectivity index (χ4v) is 2.16. The number of phenolic OH excluding ortho intramolecular Hbond substituents is 1. The van der Waals surface area contributed by atoms with Crippen LogP contribution in [0.4, 0.5) is 0 Å². The summed E-state index contributed by atoms with van der Waals surface area (Å²) in [7, 11) is 0. The van der Waals surface area contributed by atoms with Crippen molar-refractivity contribution in [1.82, 2.24) is 5.32 Å². The molecule has 0 aromatic heterocycles. The van der Waals surface area contributed by atoms with E-state index in [9.17, 15) is 5.11 Å². The average molecular weight is 203 g/mol. The smallest absolute Gasteiger partial charge is 0.141 e. The second-order valence-corrected chi connectivity index (χ2v) is 4.15. The minimum absolute atomic E-state index is 0.194. The van der Waals surface area contributed by atoms with E-state index < -0.39 is 0 Å². The molecule has 3 heteroatoms. The van der Waals surface area contributed by atoms with E-state index in [1.165, 1.54) is 0 Å². The fraction of sp³-hybridized carbons (Fsp3) is 0.333. The molecule has 2 heterocycles. The average Bonchev–Trinajstić information content (AvgIpc) is 2.66. The van der Waals surface area contributed by atoms with Crippen molar-refractivity contribution in [3.8, 4) is 11.5 Å². The third-order valence-electron chi connectivity index (χ3n) is 3.03. The third-order valence-corrected chi connectivity index (χ3v) is 3.03. The van der Waals surface area contributed by atoms with Crippen molar-refractivity contribution >= 4 is 6.08 Å². The van der Waals surface area contributed by atoms with Gasteiger partial charge in [0, 0.05) is 24.6 Å². The Morgan fingerprint density at radius 2 is 2.33 bits per heavy atom. The number of fused-ring (bicyclic) bond motifs is 1. The molecule has 1 spiro atoms. The SMILES string of the molecule is Oc1ccc2c(c1)OC1(C=C2)CCNC1. The van der Waals surface area contributed by atoms with Gasteiger partial charge in [-0.25, -0.2) is 0 Å². The summed E-state index contributed by atoms with van der Waals surface area (Å²) < 4.78 is 5.95. The Bertz CT molecular complexity index is 420. The number of hydrogen-bond acceptors (Lipinski definition) is 3. The molecule has 78 valence electrons. The molecule has 0 aliphatic carbocycles. The van der Waals surface area contributed by atoms with Crippen LogP contribution in [0, 0.1) is 0 Å². The van der Waals surface area contributed by atoms with Gasteiger partial charge in [0.05, 0.1) is 0 Å². The van der Waals surface area contributed by atoms with E-state index >= 15 is 0 Å². The van der Waals surface area contributed by atoms with Crippen molar-refractivity contribution in [2.45, 2.75) is 12.0 Å². The Morgan fingerprint density at radius 1 is 1.40 bits per heavy atom. The number of ether oxygens (including phenoxy) is 1. The minimum Gasteiger partial charge on any atom is -0.508 e. The molecule has 1 saturated heterocycles. The molecule has 2 aliphatic heterocycles. The summed E-state index contributed by atoms with van der Waals surface area (Å²) in [5.74, 6) is 1.03. The molecule has 1 unspecified atom stereocenters. The van der Waals surface area contributed by atoms with E-state index in [0.717, 1.165) is 30.8 Å². The van der Waals surface area contributed by atoms with E-state index in [-0.39, 0.29) is 11.4 Å². The zero-order valence-corrected chi connectivity index (χ0v) is 8.36. The van der Waals surface area contributed by atoms with Crippen LogP contribution in [0.3, 0.4) is 0 Å². The normalized spacial score (nSPS) is 27.7. The topological polar surface area (TPSA) is 41.5 Å². The van der Waals surface area contributed by atoms with Gasteiger partial charge in [-0.1, -0.05) is 6.08 Å². The van der Waals surface area contributed by atoms with Gasteiger partial charge in [-0.15, -0.1) is 0 Å². The Labute approximate surface area is 88.4 Å². The molecule has 15 heavy (non-hydrogen) atoms. The molecular formula is C12H13NO2. The Hall–Kier alpha value is -1.48. The predicted molar refractivity (Wildman–Crippen MR) is 58.0 cm³/mol. The van der Waals surface area contributed by atoms with Crippen LogP contribution >= 0.6 is 0 Å². The van der Waals surface area contributed by atoms with Crippen molar-refractivity contribution in [2.75, 3.05) is 13.1 Å². The molecule has 0 bridgehead atoms. The Balaban J connectivity index is 2.01. The summed E-state index contributed by atoms with van der Waals surface area (Å²) in [4.78, 5) is 0. The first-order valence-corrected chi connectivity index (χ1v) is 5.19. The first-order chi connectivity index (χ1) is 7.27. The maximum Gasteiger partial charge on any atom is 0.141 e. The highest BCUT2D eigenvalue weighted by Crippen LogP contribution is 2.35. The lowest BCUT2D eigenvalue weighted by Gasteiger charge is -2.30. The van der Waals surface area contributed by atoms with Gasteiger partial charge >= 0.3 is 0 Å². The first kappa shape index (κ1) is 8.80.